The third kappa shape index (κ3) is 3.48. The van der Waals surface area contributed by atoms with E-state index in [-0.39, 0.29) is 20.6 Å². The number of nitrogens with two attached hydrogens (primary N) is 1. The highest BCUT2D eigenvalue weighted by Gasteiger charge is 2.17. The molecule has 0 saturated heterocycles. The Labute approximate surface area is 122 Å². The van der Waals surface area contributed by atoms with Crippen molar-refractivity contribution in [1.82, 2.24) is 9.71 Å². The van der Waals surface area contributed by atoms with Crippen molar-refractivity contribution in [3.63, 3.8) is 0 Å². The smallest absolute Gasteiger partial charge is 0.304 e. The molecule has 0 radical (unpaired) electrons. The summed E-state index contributed by atoms with van der Waals surface area (Å²) in [5, 5.41) is 1.57. The number of thiazole rings is 1. The number of aromatic nitrogens is 1. The summed E-state index contributed by atoms with van der Waals surface area (Å²) in [5.74, 6) is 0. The Morgan fingerprint density at radius 1 is 1.47 bits per heavy atom. The van der Waals surface area contributed by atoms with Crippen LogP contribution in [0.5, 0.6) is 0 Å². The van der Waals surface area contributed by atoms with Crippen molar-refractivity contribution in [3.8, 4) is 0 Å². The van der Waals surface area contributed by atoms with Crippen LogP contribution in [0, 0.1) is 0 Å². The van der Waals surface area contributed by atoms with Gasteiger partial charge in [-0.1, -0.05) is 23.6 Å². The second kappa shape index (κ2) is 5.51. The predicted octanol–water partition coefficient (Wildman–Crippen LogP) is 0.611. The van der Waals surface area contributed by atoms with Gasteiger partial charge in [0, 0.05) is 11.1 Å². The summed E-state index contributed by atoms with van der Waals surface area (Å²) in [6, 6.07) is 3.01. The number of hydrogen-bond donors (Lipinski definition) is 3. The maximum absolute atomic E-state index is 12.0. The van der Waals surface area contributed by atoms with Gasteiger partial charge >= 0.3 is 4.87 Å². The molecule has 4 N–H and O–H groups in total. The maximum Gasteiger partial charge on any atom is 0.304 e. The van der Waals surface area contributed by atoms with Gasteiger partial charge in [0.05, 0.1) is 11.4 Å². The van der Waals surface area contributed by atoms with Crippen molar-refractivity contribution < 1.29 is 8.42 Å². The fraction of sp³-hybridized carbons (Fsp3) is 0.111. The summed E-state index contributed by atoms with van der Waals surface area (Å²) in [4.78, 5) is 13.9. The van der Waals surface area contributed by atoms with E-state index in [1.165, 1.54) is 6.07 Å². The molecular formula is C9H9N3O3S4. The highest BCUT2D eigenvalue weighted by atomic mass is 32.2. The Morgan fingerprint density at radius 2 is 2.21 bits per heavy atom. The zero-order valence-electron chi connectivity index (χ0n) is 9.37. The summed E-state index contributed by atoms with van der Waals surface area (Å²) in [6.07, 6.45) is 0. The molecule has 102 valence electrons. The first-order valence-electron chi connectivity index (χ1n) is 4.94. The number of H-pyrrole nitrogens is 1. The molecule has 0 aliphatic rings. The topological polar surface area (TPSA) is 105 Å². The third-order valence-corrected chi connectivity index (χ3v) is 6.19. The molecule has 0 fully saturated rings. The van der Waals surface area contributed by atoms with E-state index in [0.717, 1.165) is 22.7 Å². The van der Waals surface area contributed by atoms with Crippen LogP contribution in [0.2, 0.25) is 0 Å². The lowest BCUT2D eigenvalue weighted by molar-refractivity contribution is 0.582. The first-order valence-corrected chi connectivity index (χ1v) is 8.53. The lowest BCUT2D eigenvalue weighted by Gasteiger charge is -2.02. The van der Waals surface area contributed by atoms with Gasteiger partial charge in [-0.25, -0.2) is 13.1 Å². The molecule has 0 amide bonds. The van der Waals surface area contributed by atoms with Crippen LogP contribution in [0.15, 0.2) is 26.5 Å². The Bertz CT molecular complexity index is 756. The highest BCUT2D eigenvalue weighted by Crippen LogP contribution is 2.21. The minimum absolute atomic E-state index is 0.0291. The van der Waals surface area contributed by atoms with Crippen molar-refractivity contribution in [1.29, 1.82) is 0 Å². The Kier molecular flexibility index (Phi) is 4.16. The van der Waals surface area contributed by atoms with Crippen molar-refractivity contribution in [2.75, 3.05) is 0 Å². The fourth-order valence-electron chi connectivity index (χ4n) is 1.24. The second-order valence-corrected chi connectivity index (χ2v) is 7.84. The van der Waals surface area contributed by atoms with Crippen molar-refractivity contribution >= 4 is 49.9 Å². The lowest BCUT2D eigenvalue weighted by atomic mass is 10.5. The van der Waals surface area contributed by atoms with Crippen molar-refractivity contribution in [3.05, 3.63) is 37.8 Å². The molecule has 2 rings (SSSR count). The lowest BCUT2D eigenvalue weighted by Crippen LogP contribution is -2.22. The summed E-state index contributed by atoms with van der Waals surface area (Å²) in [6.45, 7) is 0.0291. The molecule has 0 bridgehead atoms. The zero-order valence-corrected chi connectivity index (χ0v) is 12.6. The standard InChI is InChI=1S/C9H9N3O3S4/c10-8(16)6-1-2-7(18-6)19(14,15)11-3-5-4-17-9(13)12-5/h1-2,4,11H,3H2,(H2,10,16)(H,12,13). The van der Waals surface area contributed by atoms with Crippen LogP contribution in [0.1, 0.15) is 10.6 Å². The summed E-state index contributed by atoms with van der Waals surface area (Å²) in [5.41, 5.74) is 5.94. The molecular weight excluding hydrogens is 326 g/mol. The van der Waals surface area contributed by atoms with Gasteiger partial charge in [-0.15, -0.1) is 11.3 Å². The van der Waals surface area contributed by atoms with Gasteiger partial charge in [-0.2, -0.15) is 0 Å². The molecule has 0 atom stereocenters. The third-order valence-electron chi connectivity index (χ3n) is 2.11. The summed E-state index contributed by atoms with van der Waals surface area (Å²) >= 11 is 6.76. The van der Waals surface area contributed by atoms with E-state index in [0.29, 0.717) is 10.6 Å². The average Bonchev–Trinajstić information content (AvgIpc) is 2.95. The zero-order chi connectivity index (χ0) is 14.0. The number of thiophene rings is 1. The molecule has 2 heterocycles. The molecule has 2 aromatic rings. The van der Waals surface area contributed by atoms with Gasteiger partial charge < -0.3 is 10.7 Å². The SMILES string of the molecule is NC(=S)c1ccc(S(=O)(=O)NCc2csc(=O)[nH]2)s1. The molecule has 0 aliphatic heterocycles. The van der Waals surface area contributed by atoms with Crippen LogP contribution in [-0.4, -0.2) is 18.4 Å². The number of aromatic amines is 1. The summed E-state index contributed by atoms with van der Waals surface area (Å²) < 4.78 is 26.5. The molecule has 10 heteroatoms. The van der Waals surface area contributed by atoms with Gasteiger partial charge in [-0.05, 0) is 12.1 Å². The monoisotopic (exact) mass is 335 g/mol. The van der Waals surface area contributed by atoms with Crippen LogP contribution in [0.3, 0.4) is 0 Å². The Morgan fingerprint density at radius 3 is 2.74 bits per heavy atom. The Hall–Kier alpha value is -1.07. The van der Waals surface area contributed by atoms with E-state index < -0.39 is 10.0 Å². The van der Waals surface area contributed by atoms with E-state index >= 15 is 0 Å². The number of rotatable bonds is 5. The van der Waals surface area contributed by atoms with E-state index in [2.05, 4.69) is 9.71 Å². The molecule has 0 aromatic carbocycles. The maximum atomic E-state index is 12.0. The quantitative estimate of drug-likeness (QED) is 0.694. The van der Waals surface area contributed by atoms with Gasteiger partial charge in [0.15, 0.2) is 0 Å². The number of sulfonamides is 1. The number of thiocarbonyl (C=S) groups is 1. The largest absolute Gasteiger partial charge is 0.389 e. The van der Waals surface area contributed by atoms with Crippen molar-refractivity contribution in [2.24, 2.45) is 5.73 Å². The van der Waals surface area contributed by atoms with Crippen LogP contribution in [-0.2, 0) is 16.6 Å². The fourth-order valence-corrected chi connectivity index (χ4v) is 4.23. The minimum Gasteiger partial charge on any atom is -0.389 e. The number of hydrogen-bond acceptors (Lipinski definition) is 6. The normalized spacial score (nSPS) is 11.6. The van der Waals surface area contributed by atoms with Gasteiger partial charge in [-0.3, -0.25) is 4.79 Å². The van der Waals surface area contributed by atoms with Crippen LogP contribution in [0.25, 0.3) is 0 Å². The molecule has 6 nitrogen and oxygen atoms in total. The van der Waals surface area contributed by atoms with E-state index in [1.54, 1.807) is 11.4 Å². The molecule has 19 heavy (non-hydrogen) atoms. The predicted molar refractivity (Wildman–Crippen MR) is 79.2 cm³/mol. The first kappa shape index (κ1) is 14.3. The van der Waals surface area contributed by atoms with Crippen LogP contribution >= 0.6 is 34.9 Å². The molecule has 0 saturated carbocycles. The summed E-state index contributed by atoms with van der Waals surface area (Å²) in [7, 11) is -3.63. The van der Waals surface area contributed by atoms with E-state index in [9.17, 15) is 13.2 Å². The molecule has 0 aliphatic carbocycles. The molecule has 0 spiro atoms. The second-order valence-electron chi connectivity index (χ2n) is 3.48. The molecule has 0 unspecified atom stereocenters. The van der Waals surface area contributed by atoms with Crippen LogP contribution < -0.4 is 15.3 Å². The first-order chi connectivity index (χ1) is 8.88. The van der Waals surface area contributed by atoms with Crippen molar-refractivity contribution in [2.45, 2.75) is 10.8 Å². The van der Waals surface area contributed by atoms with Crippen LogP contribution in [0.4, 0.5) is 0 Å². The van der Waals surface area contributed by atoms with Gasteiger partial charge in [0.2, 0.25) is 10.0 Å². The molecule has 2 aromatic heterocycles. The minimum atomic E-state index is -3.63. The number of nitrogens with one attached hydrogen (secondary N) is 2. The Balaban J connectivity index is 2.13. The highest BCUT2D eigenvalue weighted by molar-refractivity contribution is 7.91. The van der Waals surface area contributed by atoms with E-state index in [1.807, 2.05) is 0 Å². The van der Waals surface area contributed by atoms with E-state index in [4.69, 9.17) is 18.0 Å². The van der Waals surface area contributed by atoms with Gasteiger partial charge in [0.1, 0.15) is 9.20 Å². The average molecular weight is 335 g/mol. The van der Waals surface area contributed by atoms with Gasteiger partial charge in [0.25, 0.3) is 0 Å².